The van der Waals surface area contributed by atoms with Gasteiger partial charge >= 0.3 is 0 Å². The van der Waals surface area contributed by atoms with Crippen LogP contribution in [0.3, 0.4) is 0 Å². The number of anilines is 1. The average Bonchev–Trinajstić information content (AvgIpc) is 2.41. The van der Waals surface area contributed by atoms with Gasteiger partial charge in [0.1, 0.15) is 4.99 Å². The number of amides is 1. The Bertz CT molecular complexity index is 723. The highest BCUT2D eigenvalue weighted by molar-refractivity contribution is 7.80. The highest BCUT2D eigenvalue weighted by Crippen LogP contribution is 2.21. The largest absolute Gasteiger partial charge is 0.389 e. The number of nitrogens with one attached hydrogen (secondary N) is 1. The number of hydrogen-bond donors (Lipinski definition) is 2. The molecule has 1 amide bonds. The average molecular weight is 298 g/mol. The highest BCUT2D eigenvalue weighted by Gasteiger charge is 2.14. The van der Waals surface area contributed by atoms with E-state index in [0.29, 0.717) is 16.8 Å². The predicted octanol–water partition coefficient (Wildman–Crippen LogP) is 3.50. The van der Waals surface area contributed by atoms with E-state index in [2.05, 4.69) is 5.32 Å². The van der Waals surface area contributed by atoms with Crippen LogP contribution in [-0.2, 0) is 0 Å². The third-order valence-corrected chi connectivity index (χ3v) is 3.82. The topological polar surface area (TPSA) is 55.1 Å². The first-order valence-corrected chi connectivity index (χ1v) is 7.09. The molecule has 2 rings (SSSR count). The fourth-order valence-corrected chi connectivity index (χ4v) is 2.56. The Morgan fingerprint density at radius 1 is 1.05 bits per heavy atom. The van der Waals surface area contributed by atoms with Crippen LogP contribution in [0.5, 0.6) is 0 Å². The minimum absolute atomic E-state index is 0.153. The summed E-state index contributed by atoms with van der Waals surface area (Å²) in [6.45, 7) is 5.84. The molecule has 0 bridgehead atoms. The van der Waals surface area contributed by atoms with Crippen LogP contribution in [0.1, 0.15) is 32.6 Å². The van der Waals surface area contributed by atoms with E-state index < -0.39 is 0 Å². The molecular weight excluding hydrogens is 280 g/mol. The third-order valence-electron chi connectivity index (χ3n) is 3.62. The van der Waals surface area contributed by atoms with Crippen molar-refractivity contribution in [1.82, 2.24) is 0 Å². The lowest BCUT2D eigenvalue weighted by molar-refractivity contribution is 0.102. The maximum Gasteiger partial charge on any atom is 0.255 e. The van der Waals surface area contributed by atoms with Gasteiger partial charge in [0.2, 0.25) is 0 Å². The van der Waals surface area contributed by atoms with Crippen LogP contribution in [0.2, 0.25) is 0 Å². The van der Waals surface area contributed by atoms with E-state index in [1.807, 2.05) is 57.2 Å². The smallest absolute Gasteiger partial charge is 0.255 e. The lowest BCUT2D eigenvalue weighted by Gasteiger charge is -2.14. The number of hydrogen-bond acceptors (Lipinski definition) is 2. The van der Waals surface area contributed by atoms with Gasteiger partial charge in [0.05, 0.1) is 5.69 Å². The van der Waals surface area contributed by atoms with Gasteiger partial charge in [-0.25, -0.2) is 0 Å². The number of rotatable bonds is 3. The van der Waals surface area contributed by atoms with Crippen molar-refractivity contribution in [3.63, 3.8) is 0 Å². The second-order valence-corrected chi connectivity index (χ2v) is 5.50. The van der Waals surface area contributed by atoms with Crippen molar-refractivity contribution >= 4 is 28.8 Å². The Morgan fingerprint density at radius 3 is 2.33 bits per heavy atom. The summed E-state index contributed by atoms with van der Waals surface area (Å²) in [5, 5.41) is 2.91. The first-order valence-electron chi connectivity index (χ1n) is 6.68. The van der Waals surface area contributed by atoms with Crippen LogP contribution < -0.4 is 11.1 Å². The summed E-state index contributed by atoms with van der Waals surface area (Å²) in [4.78, 5) is 12.8. The fourth-order valence-electron chi connectivity index (χ4n) is 2.29. The molecule has 0 spiro atoms. The van der Waals surface area contributed by atoms with Crippen molar-refractivity contribution in [3.8, 4) is 0 Å². The Kier molecular flexibility index (Phi) is 4.38. The van der Waals surface area contributed by atoms with Crippen LogP contribution in [0.4, 0.5) is 5.69 Å². The number of benzene rings is 2. The zero-order chi connectivity index (χ0) is 15.6. The molecule has 21 heavy (non-hydrogen) atoms. The van der Waals surface area contributed by atoms with Gasteiger partial charge in [0.25, 0.3) is 5.91 Å². The van der Waals surface area contributed by atoms with E-state index in [1.54, 1.807) is 0 Å². The molecule has 0 atom stereocenters. The molecule has 0 aliphatic heterocycles. The number of carbonyl (C=O) groups excluding carboxylic acids is 1. The lowest BCUT2D eigenvalue weighted by atomic mass is 10.0. The molecule has 3 nitrogen and oxygen atoms in total. The summed E-state index contributed by atoms with van der Waals surface area (Å²) in [5.74, 6) is -0.153. The first kappa shape index (κ1) is 15.2. The maximum atomic E-state index is 12.5. The SMILES string of the molecule is Cc1cccc(C(=O)Nc2cccc(C)c2C(N)=S)c1C. The second kappa shape index (κ2) is 6.06. The molecule has 0 saturated carbocycles. The molecule has 0 unspecified atom stereocenters. The molecule has 3 N–H and O–H groups in total. The van der Waals surface area contributed by atoms with Gasteiger partial charge in [0, 0.05) is 11.1 Å². The van der Waals surface area contributed by atoms with Gasteiger partial charge in [-0.3, -0.25) is 4.79 Å². The van der Waals surface area contributed by atoms with Crippen molar-refractivity contribution in [1.29, 1.82) is 0 Å². The molecule has 108 valence electrons. The van der Waals surface area contributed by atoms with E-state index in [-0.39, 0.29) is 10.9 Å². The van der Waals surface area contributed by atoms with Crippen LogP contribution in [0.15, 0.2) is 36.4 Å². The summed E-state index contributed by atoms with van der Waals surface area (Å²) in [6.07, 6.45) is 0. The molecule has 0 saturated heterocycles. The second-order valence-electron chi connectivity index (χ2n) is 5.06. The molecule has 0 fully saturated rings. The molecule has 0 aliphatic carbocycles. The first-order chi connectivity index (χ1) is 9.91. The summed E-state index contributed by atoms with van der Waals surface area (Å²) in [7, 11) is 0. The van der Waals surface area contributed by atoms with E-state index in [9.17, 15) is 4.79 Å². The van der Waals surface area contributed by atoms with E-state index in [0.717, 1.165) is 16.7 Å². The summed E-state index contributed by atoms with van der Waals surface area (Å²) >= 11 is 5.08. The van der Waals surface area contributed by atoms with Gasteiger partial charge in [0.15, 0.2) is 0 Å². The molecule has 2 aromatic carbocycles. The van der Waals surface area contributed by atoms with Gasteiger partial charge < -0.3 is 11.1 Å². The van der Waals surface area contributed by atoms with Crippen molar-refractivity contribution in [2.24, 2.45) is 5.73 Å². The zero-order valence-corrected chi connectivity index (χ0v) is 13.2. The minimum Gasteiger partial charge on any atom is -0.389 e. The highest BCUT2D eigenvalue weighted by atomic mass is 32.1. The molecular formula is C17H18N2OS. The third kappa shape index (κ3) is 3.11. The molecule has 0 aromatic heterocycles. The van der Waals surface area contributed by atoms with Crippen molar-refractivity contribution < 1.29 is 4.79 Å². The van der Waals surface area contributed by atoms with E-state index >= 15 is 0 Å². The van der Waals surface area contributed by atoms with Crippen molar-refractivity contribution in [2.75, 3.05) is 5.32 Å². The Labute approximate surface area is 130 Å². The van der Waals surface area contributed by atoms with E-state index in [1.165, 1.54) is 0 Å². The minimum atomic E-state index is -0.153. The number of thiocarbonyl (C=S) groups is 1. The number of carbonyl (C=O) groups is 1. The number of aryl methyl sites for hydroxylation is 2. The molecule has 4 heteroatoms. The Hall–Kier alpha value is -2.20. The normalized spacial score (nSPS) is 10.2. The molecule has 2 aromatic rings. The Balaban J connectivity index is 2.39. The van der Waals surface area contributed by atoms with Crippen LogP contribution in [0, 0.1) is 20.8 Å². The van der Waals surface area contributed by atoms with Crippen LogP contribution in [-0.4, -0.2) is 10.9 Å². The van der Waals surface area contributed by atoms with Gasteiger partial charge in [-0.2, -0.15) is 0 Å². The predicted molar refractivity (Wildman–Crippen MR) is 90.9 cm³/mol. The monoisotopic (exact) mass is 298 g/mol. The number of nitrogens with two attached hydrogens (primary N) is 1. The van der Waals surface area contributed by atoms with Crippen molar-refractivity contribution in [3.05, 3.63) is 64.2 Å². The van der Waals surface area contributed by atoms with E-state index in [4.69, 9.17) is 18.0 Å². The van der Waals surface area contributed by atoms with Gasteiger partial charge in [-0.15, -0.1) is 0 Å². The summed E-state index contributed by atoms with van der Waals surface area (Å²) < 4.78 is 0. The lowest BCUT2D eigenvalue weighted by Crippen LogP contribution is -2.19. The van der Waals surface area contributed by atoms with Gasteiger partial charge in [-0.05, 0) is 49.6 Å². The summed E-state index contributed by atoms with van der Waals surface area (Å²) in [6, 6.07) is 11.3. The van der Waals surface area contributed by atoms with Gasteiger partial charge in [-0.1, -0.05) is 36.5 Å². The quantitative estimate of drug-likeness (QED) is 0.853. The van der Waals surface area contributed by atoms with Crippen molar-refractivity contribution in [2.45, 2.75) is 20.8 Å². The Morgan fingerprint density at radius 2 is 1.67 bits per heavy atom. The zero-order valence-electron chi connectivity index (χ0n) is 12.4. The molecule has 0 aliphatic rings. The standard InChI is InChI=1S/C17H18N2OS/c1-10-6-4-8-13(12(10)3)17(20)19-14-9-5-7-11(2)15(14)16(18)21/h4-9H,1-3H3,(H2,18,21)(H,19,20). The maximum absolute atomic E-state index is 12.5. The fraction of sp³-hybridized carbons (Fsp3) is 0.176. The van der Waals surface area contributed by atoms with Crippen LogP contribution >= 0.6 is 12.2 Å². The molecule has 0 heterocycles. The van der Waals surface area contributed by atoms with Crippen LogP contribution in [0.25, 0.3) is 0 Å². The summed E-state index contributed by atoms with van der Waals surface area (Å²) in [5.41, 5.74) is 10.8. The molecule has 0 radical (unpaired) electrons.